The van der Waals surface area contributed by atoms with E-state index < -0.39 is 11.9 Å². The van der Waals surface area contributed by atoms with Crippen LogP contribution < -0.4 is 10.6 Å². The fraction of sp³-hybridized carbons (Fsp3) is 0.100. The van der Waals surface area contributed by atoms with Crippen molar-refractivity contribution >= 4 is 35.1 Å². The molecular formula is C20H18N4O4. The van der Waals surface area contributed by atoms with E-state index in [0.29, 0.717) is 34.4 Å². The van der Waals surface area contributed by atoms with Crippen LogP contribution in [-0.4, -0.2) is 34.1 Å². The van der Waals surface area contributed by atoms with Crippen molar-refractivity contribution in [3.63, 3.8) is 0 Å². The maximum atomic E-state index is 11.7. The van der Waals surface area contributed by atoms with Gasteiger partial charge in [0.1, 0.15) is 5.82 Å². The minimum Gasteiger partial charge on any atom is -0.478 e. The zero-order chi connectivity index (χ0) is 20.1. The number of hydrogen-bond donors (Lipinski definition) is 3. The monoisotopic (exact) mass is 378 g/mol. The van der Waals surface area contributed by atoms with Gasteiger partial charge in [-0.05, 0) is 43.3 Å². The van der Waals surface area contributed by atoms with E-state index in [2.05, 4.69) is 20.6 Å². The van der Waals surface area contributed by atoms with Gasteiger partial charge in [0.2, 0.25) is 5.95 Å². The molecule has 142 valence electrons. The Morgan fingerprint density at radius 1 is 0.929 bits per heavy atom. The molecule has 2 aromatic carbocycles. The molecule has 0 fully saturated rings. The molecule has 0 amide bonds. The van der Waals surface area contributed by atoms with Crippen LogP contribution in [0.1, 0.15) is 26.4 Å². The van der Waals surface area contributed by atoms with Gasteiger partial charge in [0.05, 0.1) is 18.2 Å². The second-order valence-corrected chi connectivity index (χ2v) is 5.93. The van der Waals surface area contributed by atoms with Crippen LogP contribution in [0.25, 0.3) is 0 Å². The number of aromatic nitrogens is 2. The summed E-state index contributed by atoms with van der Waals surface area (Å²) in [5.41, 5.74) is 2.51. The summed E-state index contributed by atoms with van der Waals surface area (Å²) in [6.45, 7) is 1.82. The highest BCUT2D eigenvalue weighted by atomic mass is 16.5. The van der Waals surface area contributed by atoms with Gasteiger partial charge < -0.3 is 20.5 Å². The van der Waals surface area contributed by atoms with Crippen LogP contribution in [0.4, 0.5) is 23.1 Å². The van der Waals surface area contributed by atoms with Crippen molar-refractivity contribution in [3.05, 3.63) is 71.4 Å². The first kappa shape index (κ1) is 18.8. The first-order valence-electron chi connectivity index (χ1n) is 8.36. The Morgan fingerprint density at radius 3 is 2.25 bits per heavy atom. The lowest BCUT2D eigenvalue weighted by Crippen LogP contribution is -2.05. The normalized spacial score (nSPS) is 10.2. The van der Waals surface area contributed by atoms with E-state index in [0.717, 1.165) is 0 Å². The number of benzene rings is 2. The number of nitrogens with zero attached hydrogens (tertiary/aromatic N) is 2. The molecule has 0 aliphatic rings. The Hall–Kier alpha value is -3.94. The molecule has 0 bridgehead atoms. The zero-order valence-corrected chi connectivity index (χ0v) is 15.3. The minimum atomic E-state index is -1.00. The van der Waals surface area contributed by atoms with Crippen molar-refractivity contribution in [2.75, 3.05) is 17.7 Å². The summed E-state index contributed by atoms with van der Waals surface area (Å²) in [6.07, 6.45) is 0. The molecule has 0 aliphatic carbocycles. The van der Waals surface area contributed by atoms with Crippen molar-refractivity contribution in [2.24, 2.45) is 0 Å². The number of methoxy groups -OCH3 is 1. The minimum absolute atomic E-state index is 0.175. The SMILES string of the molecule is COC(=O)c1cccc(Nc2nc(C)cc(Nc3cccc(C(=O)O)c3)n2)c1. The van der Waals surface area contributed by atoms with Crippen LogP contribution >= 0.6 is 0 Å². The van der Waals surface area contributed by atoms with Crippen molar-refractivity contribution < 1.29 is 19.4 Å². The smallest absolute Gasteiger partial charge is 0.337 e. The van der Waals surface area contributed by atoms with E-state index in [1.165, 1.54) is 19.2 Å². The molecule has 1 aromatic heterocycles. The number of carboxylic acid groups (broad SMARTS) is 1. The van der Waals surface area contributed by atoms with E-state index in [1.54, 1.807) is 42.5 Å². The molecule has 8 nitrogen and oxygen atoms in total. The van der Waals surface area contributed by atoms with Crippen LogP contribution in [0.3, 0.4) is 0 Å². The molecule has 0 unspecified atom stereocenters. The molecule has 0 spiro atoms. The number of carbonyl (C=O) groups is 2. The Balaban J connectivity index is 1.83. The summed E-state index contributed by atoms with van der Waals surface area (Å²) in [4.78, 5) is 31.5. The Labute approximate surface area is 161 Å². The lowest BCUT2D eigenvalue weighted by molar-refractivity contribution is 0.0600. The number of hydrogen-bond acceptors (Lipinski definition) is 7. The summed E-state index contributed by atoms with van der Waals surface area (Å²) >= 11 is 0. The fourth-order valence-corrected chi connectivity index (χ4v) is 2.54. The van der Waals surface area contributed by atoms with Crippen molar-refractivity contribution in [1.29, 1.82) is 0 Å². The molecular weight excluding hydrogens is 360 g/mol. The number of rotatable bonds is 6. The molecule has 1 heterocycles. The molecule has 0 atom stereocenters. The van der Waals surface area contributed by atoms with E-state index in [4.69, 9.17) is 9.84 Å². The number of aryl methyl sites for hydroxylation is 1. The van der Waals surface area contributed by atoms with Gasteiger partial charge in [-0.3, -0.25) is 0 Å². The Kier molecular flexibility index (Phi) is 5.50. The van der Waals surface area contributed by atoms with Gasteiger partial charge in [-0.1, -0.05) is 12.1 Å². The topological polar surface area (TPSA) is 113 Å². The molecule has 3 rings (SSSR count). The van der Waals surface area contributed by atoms with Crippen LogP contribution in [0.15, 0.2) is 54.6 Å². The molecule has 28 heavy (non-hydrogen) atoms. The maximum Gasteiger partial charge on any atom is 0.337 e. The summed E-state index contributed by atoms with van der Waals surface area (Å²) < 4.78 is 4.72. The quantitative estimate of drug-likeness (QED) is 0.556. The average Bonchev–Trinajstić information content (AvgIpc) is 2.67. The van der Waals surface area contributed by atoms with Crippen molar-refractivity contribution in [1.82, 2.24) is 9.97 Å². The highest BCUT2D eigenvalue weighted by Crippen LogP contribution is 2.21. The first-order valence-corrected chi connectivity index (χ1v) is 8.36. The summed E-state index contributed by atoms with van der Waals surface area (Å²) in [5, 5.41) is 15.2. The highest BCUT2D eigenvalue weighted by molar-refractivity contribution is 5.90. The molecule has 0 radical (unpaired) electrons. The molecule has 0 saturated heterocycles. The highest BCUT2D eigenvalue weighted by Gasteiger charge is 2.09. The lowest BCUT2D eigenvalue weighted by Gasteiger charge is -2.11. The van der Waals surface area contributed by atoms with Gasteiger partial charge in [0, 0.05) is 23.1 Å². The van der Waals surface area contributed by atoms with E-state index >= 15 is 0 Å². The fourth-order valence-electron chi connectivity index (χ4n) is 2.54. The van der Waals surface area contributed by atoms with Gasteiger partial charge >= 0.3 is 11.9 Å². The number of carboxylic acids is 1. The average molecular weight is 378 g/mol. The lowest BCUT2D eigenvalue weighted by atomic mass is 10.2. The largest absolute Gasteiger partial charge is 0.478 e. The Bertz CT molecular complexity index is 1040. The van der Waals surface area contributed by atoms with Crippen LogP contribution in [0, 0.1) is 6.92 Å². The zero-order valence-electron chi connectivity index (χ0n) is 15.3. The van der Waals surface area contributed by atoms with E-state index in [1.807, 2.05) is 6.92 Å². The van der Waals surface area contributed by atoms with Crippen LogP contribution in [0.5, 0.6) is 0 Å². The number of aromatic carboxylic acids is 1. The number of nitrogens with one attached hydrogen (secondary N) is 2. The first-order chi connectivity index (χ1) is 13.4. The molecule has 3 aromatic rings. The van der Waals surface area contributed by atoms with E-state index in [-0.39, 0.29) is 5.56 Å². The summed E-state index contributed by atoms with van der Waals surface area (Å²) in [7, 11) is 1.32. The van der Waals surface area contributed by atoms with Crippen molar-refractivity contribution in [2.45, 2.75) is 6.92 Å². The van der Waals surface area contributed by atoms with Crippen LogP contribution in [-0.2, 0) is 4.74 Å². The van der Waals surface area contributed by atoms with Crippen LogP contribution in [0.2, 0.25) is 0 Å². The van der Waals surface area contributed by atoms with Gasteiger partial charge in [0.25, 0.3) is 0 Å². The van der Waals surface area contributed by atoms with Crippen molar-refractivity contribution in [3.8, 4) is 0 Å². The number of ether oxygens (including phenoxy) is 1. The molecule has 3 N–H and O–H groups in total. The number of anilines is 4. The van der Waals surface area contributed by atoms with Gasteiger partial charge in [-0.2, -0.15) is 4.98 Å². The second kappa shape index (κ2) is 8.17. The molecule has 0 saturated carbocycles. The number of esters is 1. The van der Waals surface area contributed by atoms with Gasteiger partial charge in [0.15, 0.2) is 0 Å². The predicted molar refractivity (Wildman–Crippen MR) is 105 cm³/mol. The Morgan fingerprint density at radius 2 is 1.57 bits per heavy atom. The molecule has 0 aliphatic heterocycles. The summed E-state index contributed by atoms with van der Waals surface area (Å²) in [6, 6.07) is 15.0. The van der Waals surface area contributed by atoms with Gasteiger partial charge in [-0.15, -0.1) is 0 Å². The van der Waals surface area contributed by atoms with Gasteiger partial charge in [-0.25, -0.2) is 14.6 Å². The summed E-state index contributed by atoms with van der Waals surface area (Å²) in [5.74, 6) is -0.606. The third-order valence-corrected chi connectivity index (χ3v) is 3.78. The standard InChI is InChI=1S/C20H18N4O4/c1-12-9-17(22-15-7-3-5-13(10-15)18(25)26)24-20(21-12)23-16-8-4-6-14(11-16)19(27)28-2/h3-11H,1-2H3,(H,25,26)(H2,21,22,23,24). The predicted octanol–water partition coefficient (Wildman–Crippen LogP) is 3.76. The third kappa shape index (κ3) is 4.61. The van der Waals surface area contributed by atoms with E-state index in [9.17, 15) is 9.59 Å². The maximum absolute atomic E-state index is 11.7. The number of carbonyl (C=O) groups excluding carboxylic acids is 1. The molecule has 8 heteroatoms. The third-order valence-electron chi connectivity index (χ3n) is 3.78. The second-order valence-electron chi connectivity index (χ2n) is 5.93.